The second-order valence-corrected chi connectivity index (χ2v) is 5.36. The van der Waals surface area contributed by atoms with E-state index in [9.17, 15) is 17.6 Å². The molecule has 1 aromatic rings. The maximum absolute atomic E-state index is 13.8. The van der Waals surface area contributed by atoms with Crippen molar-refractivity contribution in [2.24, 2.45) is 5.73 Å². The van der Waals surface area contributed by atoms with Crippen molar-refractivity contribution in [3.8, 4) is 0 Å². The fourth-order valence-corrected chi connectivity index (χ4v) is 2.78. The lowest BCUT2D eigenvalue weighted by atomic mass is 10.1. The highest BCUT2D eigenvalue weighted by atomic mass is 19.4. The van der Waals surface area contributed by atoms with Gasteiger partial charge in [0.25, 0.3) is 0 Å². The Morgan fingerprint density at radius 2 is 1.96 bits per heavy atom. The predicted molar refractivity (Wildman–Crippen MR) is 83.7 cm³/mol. The number of anilines is 1. The normalized spacial score (nSPS) is 17.8. The number of ether oxygens (including phenoxy) is 1. The van der Waals surface area contributed by atoms with E-state index < -0.39 is 17.6 Å². The molecule has 1 unspecified atom stereocenters. The number of hydrogen-bond acceptors (Lipinski definition) is 4. The molecule has 8 heteroatoms. The molecular formula is C16H21F4N3O. The summed E-state index contributed by atoms with van der Waals surface area (Å²) in [6.07, 6.45) is -1.27. The molecule has 0 aliphatic carbocycles. The summed E-state index contributed by atoms with van der Waals surface area (Å²) in [4.78, 5) is 3.33. The van der Waals surface area contributed by atoms with E-state index in [-0.39, 0.29) is 11.9 Å². The fourth-order valence-electron chi connectivity index (χ4n) is 2.78. The van der Waals surface area contributed by atoms with Crippen molar-refractivity contribution in [1.29, 1.82) is 0 Å². The molecule has 1 aliphatic heterocycles. The zero-order valence-corrected chi connectivity index (χ0v) is 13.4. The summed E-state index contributed by atoms with van der Waals surface area (Å²) < 4.78 is 58.8. The van der Waals surface area contributed by atoms with Gasteiger partial charge in [0.1, 0.15) is 17.5 Å². The highest BCUT2D eigenvalue weighted by molar-refractivity contribution is 5.59. The average Bonchev–Trinajstić information content (AvgIpc) is 2.92. The second kappa shape index (κ2) is 7.85. The molecule has 1 atom stereocenters. The Morgan fingerprint density at radius 1 is 1.21 bits per heavy atom. The first-order valence-electron chi connectivity index (χ1n) is 7.76. The third-order valence-corrected chi connectivity index (χ3v) is 3.80. The van der Waals surface area contributed by atoms with Crippen LogP contribution in [0.1, 0.15) is 18.9 Å². The zero-order chi connectivity index (χ0) is 17.7. The lowest BCUT2D eigenvalue weighted by Gasteiger charge is -2.33. The van der Waals surface area contributed by atoms with Crippen molar-refractivity contribution in [3.05, 3.63) is 42.0 Å². The van der Waals surface area contributed by atoms with E-state index >= 15 is 0 Å². The molecule has 24 heavy (non-hydrogen) atoms. The molecular weight excluding hydrogens is 326 g/mol. The Balaban J connectivity index is 2.21. The highest BCUT2D eigenvalue weighted by Gasteiger charge is 2.40. The minimum absolute atomic E-state index is 0.184. The van der Waals surface area contributed by atoms with Gasteiger partial charge in [-0.05, 0) is 18.6 Å². The molecule has 0 saturated heterocycles. The first kappa shape index (κ1) is 18.5. The number of benzene rings is 1. The van der Waals surface area contributed by atoms with Crippen LogP contribution >= 0.6 is 0 Å². The molecule has 0 saturated carbocycles. The standard InChI is InChI=1S/C16H21F4N3O/c1-2-14-22(9-11-24-10-6-21)7-8-23(14)13-5-3-4-12(17)15(13)16(18,19)20/h3-5,7-8,14H,2,6,9-11,21H2,1H3. The Hall–Kier alpha value is -1.80. The van der Waals surface area contributed by atoms with Gasteiger partial charge < -0.3 is 20.3 Å². The Bertz CT molecular complexity index is 577. The van der Waals surface area contributed by atoms with Gasteiger partial charge in [-0.25, -0.2) is 4.39 Å². The molecule has 0 spiro atoms. The molecule has 1 aromatic carbocycles. The predicted octanol–water partition coefficient (Wildman–Crippen LogP) is 3.15. The number of hydrogen-bond donors (Lipinski definition) is 1. The Labute approximate surface area is 138 Å². The summed E-state index contributed by atoms with van der Waals surface area (Å²) in [6, 6.07) is 3.40. The minimum Gasteiger partial charge on any atom is -0.378 e. The number of alkyl halides is 3. The van der Waals surface area contributed by atoms with Crippen LogP contribution in [-0.2, 0) is 10.9 Å². The molecule has 0 radical (unpaired) electrons. The maximum atomic E-state index is 13.8. The first-order valence-corrected chi connectivity index (χ1v) is 7.76. The van der Waals surface area contributed by atoms with Crippen LogP contribution in [0.4, 0.5) is 23.2 Å². The van der Waals surface area contributed by atoms with Gasteiger partial charge in [0.05, 0.1) is 18.9 Å². The number of rotatable bonds is 7. The Kier molecular flexibility index (Phi) is 6.06. The van der Waals surface area contributed by atoms with Crippen LogP contribution in [0.2, 0.25) is 0 Å². The average molecular weight is 347 g/mol. The molecule has 1 heterocycles. The molecule has 0 fully saturated rings. The summed E-state index contributed by atoms with van der Waals surface area (Å²) >= 11 is 0. The maximum Gasteiger partial charge on any atom is 0.421 e. The lowest BCUT2D eigenvalue weighted by molar-refractivity contribution is -0.139. The molecule has 0 amide bonds. The van der Waals surface area contributed by atoms with Crippen molar-refractivity contribution in [2.45, 2.75) is 25.7 Å². The summed E-state index contributed by atoms with van der Waals surface area (Å²) in [6.45, 7) is 3.64. The van der Waals surface area contributed by atoms with E-state index in [1.807, 2.05) is 11.8 Å². The van der Waals surface area contributed by atoms with Crippen molar-refractivity contribution < 1.29 is 22.3 Å². The molecule has 2 rings (SSSR count). The van der Waals surface area contributed by atoms with Crippen LogP contribution in [0.3, 0.4) is 0 Å². The van der Waals surface area contributed by atoms with Gasteiger partial charge in [-0.2, -0.15) is 13.2 Å². The van der Waals surface area contributed by atoms with Crippen molar-refractivity contribution >= 4 is 5.69 Å². The van der Waals surface area contributed by atoms with Crippen LogP contribution in [0.15, 0.2) is 30.6 Å². The lowest BCUT2D eigenvalue weighted by Crippen LogP contribution is -2.40. The summed E-state index contributed by atoms with van der Waals surface area (Å²) in [5.41, 5.74) is 3.92. The van der Waals surface area contributed by atoms with Crippen molar-refractivity contribution in [3.63, 3.8) is 0 Å². The topological polar surface area (TPSA) is 41.7 Å². The minimum atomic E-state index is -4.76. The number of nitrogens with two attached hydrogens (primary N) is 1. The van der Waals surface area contributed by atoms with Crippen LogP contribution in [0.5, 0.6) is 0 Å². The molecule has 1 aliphatic rings. The van der Waals surface area contributed by atoms with Gasteiger partial charge in [0, 0.05) is 25.5 Å². The van der Waals surface area contributed by atoms with Gasteiger partial charge in [0.15, 0.2) is 0 Å². The van der Waals surface area contributed by atoms with E-state index in [0.29, 0.717) is 32.7 Å². The smallest absolute Gasteiger partial charge is 0.378 e. The molecule has 0 aromatic heterocycles. The van der Waals surface area contributed by atoms with Crippen molar-refractivity contribution in [2.75, 3.05) is 31.2 Å². The number of halogens is 4. The van der Waals surface area contributed by atoms with E-state index in [1.54, 1.807) is 12.4 Å². The SMILES string of the molecule is CCC1N(CCOCCN)C=CN1c1cccc(F)c1C(F)(F)F. The van der Waals surface area contributed by atoms with E-state index in [4.69, 9.17) is 10.5 Å². The monoisotopic (exact) mass is 347 g/mol. The summed E-state index contributed by atoms with van der Waals surface area (Å²) in [5.74, 6) is -1.27. The van der Waals surface area contributed by atoms with Gasteiger partial charge in [-0.1, -0.05) is 13.0 Å². The summed E-state index contributed by atoms with van der Waals surface area (Å²) in [7, 11) is 0. The van der Waals surface area contributed by atoms with E-state index in [1.165, 1.54) is 17.0 Å². The third kappa shape index (κ3) is 3.99. The quantitative estimate of drug-likeness (QED) is 0.608. The largest absolute Gasteiger partial charge is 0.421 e. The molecule has 4 nitrogen and oxygen atoms in total. The van der Waals surface area contributed by atoms with Crippen LogP contribution in [0, 0.1) is 5.82 Å². The molecule has 2 N–H and O–H groups in total. The van der Waals surface area contributed by atoms with Gasteiger partial charge in [-0.15, -0.1) is 0 Å². The van der Waals surface area contributed by atoms with Gasteiger partial charge in [-0.3, -0.25) is 0 Å². The first-order chi connectivity index (χ1) is 11.4. The highest BCUT2D eigenvalue weighted by Crippen LogP contribution is 2.40. The number of nitrogens with zero attached hydrogens (tertiary/aromatic N) is 2. The second-order valence-electron chi connectivity index (χ2n) is 5.36. The van der Waals surface area contributed by atoms with Gasteiger partial charge in [0.2, 0.25) is 0 Å². The molecule has 0 bridgehead atoms. The van der Waals surface area contributed by atoms with Crippen LogP contribution in [0.25, 0.3) is 0 Å². The Morgan fingerprint density at radius 3 is 2.58 bits per heavy atom. The zero-order valence-electron chi connectivity index (χ0n) is 13.4. The summed E-state index contributed by atoms with van der Waals surface area (Å²) in [5, 5.41) is 0. The molecule has 134 valence electrons. The van der Waals surface area contributed by atoms with Crippen molar-refractivity contribution in [1.82, 2.24) is 4.90 Å². The van der Waals surface area contributed by atoms with Crippen LogP contribution < -0.4 is 10.6 Å². The van der Waals surface area contributed by atoms with Crippen LogP contribution in [-0.4, -0.2) is 37.4 Å². The fraction of sp³-hybridized carbons (Fsp3) is 0.500. The van der Waals surface area contributed by atoms with E-state index in [0.717, 1.165) is 6.07 Å². The third-order valence-electron chi connectivity index (χ3n) is 3.80. The van der Waals surface area contributed by atoms with Gasteiger partial charge >= 0.3 is 6.18 Å². The van der Waals surface area contributed by atoms with E-state index in [2.05, 4.69) is 0 Å².